The van der Waals surface area contributed by atoms with Gasteiger partial charge >= 0.3 is 0 Å². The van der Waals surface area contributed by atoms with Gasteiger partial charge in [-0.2, -0.15) is 0 Å². The molecule has 3 aliphatic rings. The summed E-state index contributed by atoms with van der Waals surface area (Å²) in [4.78, 5) is 2.60. The monoisotopic (exact) mass is 238 g/mol. The maximum Gasteiger partial charge on any atom is 0.0626 e. The van der Waals surface area contributed by atoms with Crippen molar-refractivity contribution in [3.63, 3.8) is 0 Å². The molecule has 0 spiro atoms. The van der Waals surface area contributed by atoms with Crippen LogP contribution < -0.4 is 5.73 Å². The Balaban J connectivity index is 1.64. The molecule has 98 valence electrons. The molecule has 3 nitrogen and oxygen atoms in total. The minimum atomic E-state index is -0.313. The van der Waals surface area contributed by atoms with E-state index in [4.69, 9.17) is 5.73 Å². The largest absolute Gasteiger partial charge is 0.394 e. The van der Waals surface area contributed by atoms with Crippen LogP contribution in [0.1, 0.15) is 44.9 Å². The maximum absolute atomic E-state index is 9.60. The summed E-state index contributed by atoms with van der Waals surface area (Å²) in [6, 6.07) is 0.775. The molecular weight excluding hydrogens is 212 g/mol. The first-order valence-corrected chi connectivity index (χ1v) is 7.37. The molecule has 3 unspecified atom stereocenters. The summed E-state index contributed by atoms with van der Waals surface area (Å²) < 4.78 is 0. The summed E-state index contributed by atoms with van der Waals surface area (Å²) in [6.07, 6.45) is 9.39. The number of nitrogens with two attached hydrogens (primary N) is 1. The molecule has 3 fully saturated rings. The van der Waals surface area contributed by atoms with Crippen LogP contribution in [0.2, 0.25) is 0 Å². The van der Waals surface area contributed by atoms with E-state index in [-0.39, 0.29) is 12.1 Å². The first kappa shape index (κ1) is 11.9. The van der Waals surface area contributed by atoms with Crippen molar-refractivity contribution < 1.29 is 5.11 Å². The lowest BCUT2D eigenvalue weighted by atomic mass is 9.84. The first-order valence-electron chi connectivity index (χ1n) is 7.37. The van der Waals surface area contributed by atoms with Crippen LogP contribution in [0.25, 0.3) is 0 Å². The summed E-state index contributed by atoms with van der Waals surface area (Å²) in [5.41, 5.74) is 6.10. The molecule has 1 aliphatic heterocycles. The number of hydrogen-bond acceptors (Lipinski definition) is 3. The van der Waals surface area contributed by atoms with E-state index in [2.05, 4.69) is 4.90 Å². The smallest absolute Gasteiger partial charge is 0.0626 e. The molecule has 1 heterocycles. The third-order valence-corrected chi connectivity index (χ3v) is 5.31. The highest BCUT2D eigenvalue weighted by Crippen LogP contribution is 2.41. The maximum atomic E-state index is 9.60. The van der Waals surface area contributed by atoms with Gasteiger partial charge in [-0.1, -0.05) is 12.8 Å². The van der Waals surface area contributed by atoms with E-state index in [1.807, 2.05) is 0 Å². The Bertz CT molecular complexity index is 279. The van der Waals surface area contributed by atoms with Gasteiger partial charge in [0, 0.05) is 12.6 Å². The lowest BCUT2D eigenvalue weighted by Crippen LogP contribution is -2.56. The number of likely N-dealkylation sites (tertiary alicyclic amines) is 1. The van der Waals surface area contributed by atoms with Crippen LogP contribution in [0.3, 0.4) is 0 Å². The fourth-order valence-corrected chi connectivity index (χ4v) is 4.04. The highest BCUT2D eigenvalue weighted by atomic mass is 16.3. The van der Waals surface area contributed by atoms with E-state index in [9.17, 15) is 5.11 Å². The second-order valence-corrected chi connectivity index (χ2v) is 6.54. The van der Waals surface area contributed by atoms with Crippen molar-refractivity contribution >= 4 is 0 Å². The molecule has 0 aromatic carbocycles. The van der Waals surface area contributed by atoms with Gasteiger partial charge < -0.3 is 10.8 Å². The molecule has 3 N–H and O–H groups in total. The zero-order chi connectivity index (χ0) is 11.9. The zero-order valence-electron chi connectivity index (χ0n) is 10.8. The molecule has 0 bridgehead atoms. The second-order valence-electron chi connectivity index (χ2n) is 6.54. The molecule has 0 radical (unpaired) electrons. The Morgan fingerprint density at radius 3 is 2.59 bits per heavy atom. The Morgan fingerprint density at radius 1 is 1.12 bits per heavy atom. The number of fused-ring (bicyclic) bond motifs is 1. The van der Waals surface area contributed by atoms with Gasteiger partial charge in [-0.15, -0.1) is 0 Å². The molecule has 1 saturated heterocycles. The third-order valence-electron chi connectivity index (χ3n) is 5.31. The van der Waals surface area contributed by atoms with Crippen molar-refractivity contribution in [2.45, 2.75) is 56.5 Å². The third kappa shape index (κ3) is 2.25. The summed E-state index contributed by atoms with van der Waals surface area (Å²) in [7, 11) is 0. The summed E-state index contributed by atoms with van der Waals surface area (Å²) >= 11 is 0. The number of hydrogen-bond donors (Lipinski definition) is 2. The van der Waals surface area contributed by atoms with E-state index < -0.39 is 0 Å². The van der Waals surface area contributed by atoms with Gasteiger partial charge in [-0.3, -0.25) is 4.90 Å². The highest BCUT2D eigenvalue weighted by Gasteiger charge is 2.45. The topological polar surface area (TPSA) is 49.5 Å². The SMILES string of the molecule is NC(CO)(CN1CCC2CCCCC21)C1CC1. The quantitative estimate of drug-likeness (QED) is 0.777. The van der Waals surface area contributed by atoms with Crippen LogP contribution in [0.5, 0.6) is 0 Å². The van der Waals surface area contributed by atoms with Crippen LogP contribution in [0.15, 0.2) is 0 Å². The molecule has 0 aromatic rings. The van der Waals surface area contributed by atoms with Crippen molar-refractivity contribution in [3.8, 4) is 0 Å². The summed E-state index contributed by atoms with van der Waals surface area (Å²) in [6.45, 7) is 2.29. The van der Waals surface area contributed by atoms with E-state index in [1.54, 1.807) is 0 Å². The fourth-order valence-electron chi connectivity index (χ4n) is 4.04. The van der Waals surface area contributed by atoms with Gasteiger partial charge in [0.05, 0.1) is 12.1 Å². The summed E-state index contributed by atoms with van der Waals surface area (Å²) in [5.74, 6) is 1.50. The van der Waals surface area contributed by atoms with Gasteiger partial charge in [0.1, 0.15) is 0 Å². The van der Waals surface area contributed by atoms with Gasteiger partial charge in [0.15, 0.2) is 0 Å². The van der Waals surface area contributed by atoms with Crippen molar-refractivity contribution in [2.24, 2.45) is 17.6 Å². The minimum Gasteiger partial charge on any atom is -0.394 e. The lowest BCUT2D eigenvalue weighted by molar-refractivity contribution is 0.0968. The second kappa shape index (κ2) is 4.52. The lowest BCUT2D eigenvalue weighted by Gasteiger charge is -2.38. The highest BCUT2D eigenvalue weighted by molar-refractivity contribution is 5.03. The molecule has 0 amide bonds. The van der Waals surface area contributed by atoms with Crippen LogP contribution in [0, 0.1) is 11.8 Å². The summed E-state index contributed by atoms with van der Waals surface area (Å²) in [5, 5.41) is 9.60. The Kier molecular flexibility index (Phi) is 3.18. The molecule has 0 aromatic heterocycles. The van der Waals surface area contributed by atoms with Gasteiger partial charge in [-0.25, -0.2) is 0 Å². The predicted octanol–water partition coefficient (Wildman–Crippen LogP) is 1.35. The standard InChI is InChI=1S/C14H26N2O/c15-14(10-17,12-5-6-12)9-16-8-7-11-3-1-2-4-13(11)16/h11-13,17H,1-10,15H2. The van der Waals surface area contributed by atoms with Gasteiger partial charge in [0.2, 0.25) is 0 Å². The average molecular weight is 238 g/mol. The fraction of sp³-hybridized carbons (Fsp3) is 1.00. The zero-order valence-corrected chi connectivity index (χ0v) is 10.8. The van der Waals surface area contributed by atoms with Gasteiger partial charge in [0.25, 0.3) is 0 Å². The Hall–Kier alpha value is -0.120. The Labute approximate surface area is 104 Å². The van der Waals surface area contributed by atoms with Crippen LogP contribution in [0.4, 0.5) is 0 Å². The minimum absolute atomic E-state index is 0.158. The molecular formula is C14H26N2O. The van der Waals surface area contributed by atoms with Gasteiger partial charge in [-0.05, 0) is 50.5 Å². The van der Waals surface area contributed by atoms with E-state index in [0.717, 1.165) is 18.5 Å². The molecule has 3 heteroatoms. The van der Waals surface area contributed by atoms with E-state index in [0.29, 0.717) is 5.92 Å². The van der Waals surface area contributed by atoms with E-state index in [1.165, 1.54) is 51.5 Å². The van der Waals surface area contributed by atoms with Crippen molar-refractivity contribution in [1.82, 2.24) is 4.90 Å². The number of nitrogens with zero attached hydrogens (tertiary/aromatic N) is 1. The van der Waals surface area contributed by atoms with Crippen molar-refractivity contribution in [3.05, 3.63) is 0 Å². The van der Waals surface area contributed by atoms with Crippen LogP contribution in [-0.4, -0.2) is 41.3 Å². The van der Waals surface area contributed by atoms with Crippen molar-refractivity contribution in [1.29, 1.82) is 0 Å². The number of rotatable bonds is 4. The Morgan fingerprint density at radius 2 is 1.88 bits per heavy atom. The van der Waals surface area contributed by atoms with E-state index >= 15 is 0 Å². The molecule has 3 atom stereocenters. The normalized spacial score (nSPS) is 37.8. The average Bonchev–Trinajstić information content (AvgIpc) is 3.14. The predicted molar refractivity (Wildman–Crippen MR) is 68.7 cm³/mol. The molecule has 2 aliphatic carbocycles. The number of aliphatic hydroxyl groups is 1. The van der Waals surface area contributed by atoms with Crippen molar-refractivity contribution in [2.75, 3.05) is 19.7 Å². The number of aliphatic hydroxyl groups excluding tert-OH is 1. The molecule has 3 rings (SSSR count). The van der Waals surface area contributed by atoms with Crippen LogP contribution >= 0.6 is 0 Å². The van der Waals surface area contributed by atoms with Crippen LogP contribution in [-0.2, 0) is 0 Å². The molecule has 17 heavy (non-hydrogen) atoms. The first-order chi connectivity index (χ1) is 8.23. The molecule has 2 saturated carbocycles.